The minimum Gasteiger partial charge on any atom is -0.396 e. The lowest BCUT2D eigenvalue weighted by atomic mass is 9.71. The fourth-order valence-corrected chi connectivity index (χ4v) is 5.05. The van der Waals surface area contributed by atoms with Gasteiger partial charge >= 0.3 is 6.18 Å². The van der Waals surface area contributed by atoms with Gasteiger partial charge in [0, 0.05) is 50.0 Å². The highest BCUT2D eigenvalue weighted by Crippen LogP contribution is 2.46. The number of likely N-dealkylation sites (tertiary alicyclic amines) is 1. The number of nitrogens with zero attached hydrogens (tertiary/aromatic N) is 3. The third kappa shape index (κ3) is 4.40. The van der Waals surface area contributed by atoms with Crippen LogP contribution >= 0.6 is 0 Å². The molecule has 2 aliphatic rings. The van der Waals surface area contributed by atoms with Crippen LogP contribution in [-0.4, -0.2) is 48.7 Å². The van der Waals surface area contributed by atoms with Crippen LogP contribution in [0.25, 0.3) is 0 Å². The molecule has 1 amide bonds. The average molecular weight is 461 g/mol. The van der Waals surface area contributed by atoms with Crippen molar-refractivity contribution in [2.24, 2.45) is 11.3 Å². The fraction of sp³-hybridized carbons (Fsp3) is 0.417. The molecule has 4 rings (SSSR count). The lowest BCUT2D eigenvalue weighted by molar-refractivity contribution is -0.137. The second-order valence-electron chi connectivity index (χ2n) is 8.76. The Labute approximate surface area is 188 Å². The molecule has 1 N–H and O–H groups in total. The van der Waals surface area contributed by atoms with Gasteiger partial charge in [-0.2, -0.15) is 18.4 Å². The SMILES string of the molecule is N#Cc1ccc(N2CCC3(CC2)CN(C(=O)c2ccc(F)cc2)CC3CO)cc1C(F)(F)F. The molecule has 1 spiro atoms. The maximum Gasteiger partial charge on any atom is 0.417 e. The van der Waals surface area contributed by atoms with E-state index in [0.717, 1.165) is 6.07 Å². The third-order valence-electron chi connectivity index (χ3n) is 6.96. The van der Waals surface area contributed by atoms with Gasteiger partial charge in [0.1, 0.15) is 5.82 Å². The second kappa shape index (κ2) is 8.67. The Morgan fingerprint density at radius 2 is 1.82 bits per heavy atom. The first-order chi connectivity index (χ1) is 15.7. The number of aliphatic hydroxyl groups is 1. The zero-order valence-corrected chi connectivity index (χ0v) is 17.8. The summed E-state index contributed by atoms with van der Waals surface area (Å²) in [6, 6.07) is 10.6. The van der Waals surface area contributed by atoms with Crippen LogP contribution in [-0.2, 0) is 6.18 Å². The van der Waals surface area contributed by atoms with E-state index in [1.54, 1.807) is 11.0 Å². The van der Waals surface area contributed by atoms with E-state index in [9.17, 15) is 27.5 Å². The smallest absolute Gasteiger partial charge is 0.396 e. The van der Waals surface area contributed by atoms with Gasteiger partial charge in [-0.1, -0.05) is 0 Å². The van der Waals surface area contributed by atoms with Crippen molar-refractivity contribution >= 4 is 11.6 Å². The van der Waals surface area contributed by atoms with Crippen LogP contribution in [0.2, 0.25) is 0 Å². The van der Waals surface area contributed by atoms with Crippen molar-refractivity contribution in [3.63, 3.8) is 0 Å². The lowest BCUT2D eigenvalue weighted by Gasteiger charge is -2.43. The van der Waals surface area contributed by atoms with E-state index >= 15 is 0 Å². The molecule has 0 radical (unpaired) electrons. The van der Waals surface area contributed by atoms with Crippen LogP contribution in [0, 0.1) is 28.5 Å². The second-order valence-corrected chi connectivity index (χ2v) is 8.76. The summed E-state index contributed by atoms with van der Waals surface area (Å²) in [5.41, 5.74) is -0.923. The van der Waals surface area contributed by atoms with Crippen molar-refractivity contribution in [2.45, 2.75) is 19.0 Å². The third-order valence-corrected chi connectivity index (χ3v) is 6.96. The predicted octanol–water partition coefficient (Wildman–Crippen LogP) is 4.07. The highest BCUT2D eigenvalue weighted by Gasteiger charge is 2.49. The predicted molar refractivity (Wildman–Crippen MR) is 113 cm³/mol. The molecule has 1 atom stereocenters. The van der Waals surface area contributed by atoms with E-state index in [1.807, 2.05) is 4.90 Å². The maximum atomic E-state index is 13.3. The maximum absolute atomic E-state index is 13.3. The fourth-order valence-electron chi connectivity index (χ4n) is 5.05. The van der Waals surface area contributed by atoms with Gasteiger partial charge in [0.05, 0.1) is 17.2 Å². The minimum absolute atomic E-state index is 0.0950. The summed E-state index contributed by atoms with van der Waals surface area (Å²) < 4.78 is 53.2. The number of nitriles is 1. The van der Waals surface area contributed by atoms with Crippen molar-refractivity contribution in [1.82, 2.24) is 4.90 Å². The number of hydrogen-bond donors (Lipinski definition) is 1. The number of rotatable bonds is 3. The average Bonchev–Trinajstić information content (AvgIpc) is 3.16. The van der Waals surface area contributed by atoms with Gasteiger partial charge < -0.3 is 14.9 Å². The van der Waals surface area contributed by atoms with Gasteiger partial charge in [-0.25, -0.2) is 4.39 Å². The Balaban J connectivity index is 1.49. The van der Waals surface area contributed by atoms with Gasteiger partial charge in [-0.3, -0.25) is 4.79 Å². The number of piperidine rings is 1. The Bertz CT molecular complexity index is 1070. The van der Waals surface area contributed by atoms with Crippen LogP contribution in [0.3, 0.4) is 0 Å². The van der Waals surface area contributed by atoms with E-state index in [-0.39, 0.29) is 23.8 Å². The molecule has 0 aliphatic carbocycles. The number of aliphatic hydroxyl groups excluding tert-OH is 1. The van der Waals surface area contributed by atoms with Crippen LogP contribution in [0.15, 0.2) is 42.5 Å². The molecule has 0 saturated carbocycles. The zero-order valence-electron chi connectivity index (χ0n) is 17.8. The van der Waals surface area contributed by atoms with Gasteiger partial charge in [0.2, 0.25) is 0 Å². The van der Waals surface area contributed by atoms with E-state index in [0.29, 0.717) is 50.3 Å². The first kappa shape index (κ1) is 23.1. The van der Waals surface area contributed by atoms with Gasteiger partial charge in [-0.05, 0) is 60.7 Å². The number of amides is 1. The number of benzene rings is 2. The first-order valence-corrected chi connectivity index (χ1v) is 10.7. The summed E-state index contributed by atoms with van der Waals surface area (Å²) >= 11 is 0. The van der Waals surface area contributed by atoms with E-state index < -0.39 is 23.1 Å². The van der Waals surface area contributed by atoms with Gasteiger partial charge in [0.25, 0.3) is 5.91 Å². The number of carbonyl (C=O) groups excluding carboxylic acids is 1. The van der Waals surface area contributed by atoms with Crippen LogP contribution in [0.1, 0.15) is 34.3 Å². The number of anilines is 1. The molecular weight excluding hydrogens is 438 g/mol. The number of hydrogen-bond acceptors (Lipinski definition) is 4. The standard InChI is InChI=1S/C24H23F4N3O2/c25-19-4-1-16(2-5-19)22(33)31-13-18(14-32)23(15-31)7-9-30(10-8-23)20-6-3-17(12-29)21(11-20)24(26,27)28/h1-6,11,18,32H,7-10,13-15H2. The molecule has 2 fully saturated rings. The lowest BCUT2D eigenvalue weighted by Crippen LogP contribution is -2.45. The molecule has 0 bridgehead atoms. The topological polar surface area (TPSA) is 67.6 Å². The molecule has 2 aromatic rings. The molecule has 5 nitrogen and oxygen atoms in total. The Morgan fingerprint density at radius 1 is 1.15 bits per heavy atom. The molecule has 2 saturated heterocycles. The molecule has 2 aliphatic heterocycles. The monoisotopic (exact) mass is 461 g/mol. The molecule has 174 valence electrons. The first-order valence-electron chi connectivity index (χ1n) is 10.7. The summed E-state index contributed by atoms with van der Waals surface area (Å²) in [5.74, 6) is -0.799. The van der Waals surface area contributed by atoms with E-state index in [4.69, 9.17) is 5.26 Å². The molecule has 33 heavy (non-hydrogen) atoms. The highest BCUT2D eigenvalue weighted by atomic mass is 19.4. The quantitative estimate of drug-likeness (QED) is 0.700. The Morgan fingerprint density at radius 3 is 2.39 bits per heavy atom. The molecule has 2 heterocycles. The van der Waals surface area contributed by atoms with E-state index in [2.05, 4.69) is 0 Å². The molecule has 0 aromatic heterocycles. The van der Waals surface area contributed by atoms with Crippen LogP contribution in [0.5, 0.6) is 0 Å². The molecule has 1 unspecified atom stereocenters. The molecular formula is C24H23F4N3O2. The van der Waals surface area contributed by atoms with Gasteiger partial charge in [-0.15, -0.1) is 0 Å². The number of carbonyl (C=O) groups is 1. The number of alkyl halides is 3. The Hall–Kier alpha value is -3.12. The van der Waals surface area contributed by atoms with Crippen molar-refractivity contribution < 1.29 is 27.5 Å². The normalized spacial score (nSPS) is 20.2. The van der Waals surface area contributed by atoms with E-state index in [1.165, 1.54) is 36.4 Å². The summed E-state index contributed by atoms with van der Waals surface area (Å²) in [4.78, 5) is 16.4. The largest absolute Gasteiger partial charge is 0.417 e. The summed E-state index contributed by atoms with van der Waals surface area (Å²) in [6.45, 7) is 1.66. The summed E-state index contributed by atoms with van der Waals surface area (Å²) in [6.07, 6.45) is -3.41. The minimum atomic E-state index is -4.62. The van der Waals surface area contributed by atoms with Crippen molar-refractivity contribution in [1.29, 1.82) is 5.26 Å². The summed E-state index contributed by atoms with van der Waals surface area (Å²) in [7, 11) is 0. The van der Waals surface area contributed by atoms with Gasteiger partial charge in [0.15, 0.2) is 0 Å². The zero-order chi connectivity index (χ0) is 23.8. The van der Waals surface area contributed by atoms with Crippen molar-refractivity contribution in [2.75, 3.05) is 37.7 Å². The molecule has 9 heteroatoms. The number of halogens is 4. The summed E-state index contributed by atoms with van der Waals surface area (Å²) in [5, 5.41) is 19.0. The van der Waals surface area contributed by atoms with Crippen LogP contribution in [0.4, 0.5) is 23.2 Å². The molecule has 2 aromatic carbocycles. The van der Waals surface area contributed by atoms with Crippen molar-refractivity contribution in [3.8, 4) is 6.07 Å². The van der Waals surface area contributed by atoms with Crippen LogP contribution < -0.4 is 4.90 Å². The van der Waals surface area contributed by atoms with Crippen molar-refractivity contribution in [3.05, 3.63) is 65.0 Å². The Kier molecular flexibility index (Phi) is 6.06. The highest BCUT2D eigenvalue weighted by molar-refractivity contribution is 5.94.